The van der Waals surface area contributed by atoms with Crippen LogP contribution in [0.2, 0.25) is 0 Å². The SMILES string of the molecule is CC(C)(C)C1=CC=CC(C(C)(C)C)C1(O)CCC(=O)O. The second-order valence-electron chi connectivity index (χ2n) is 7.88. The molecule has 3 heteroatoms. The molecule has 1 aliphatic carbocycles. The molecular formula is C17H28O3. The van der Waals surface area contributed by atoms with Crippen molar-refractivity contribution in [3.63, 3.8) is 0 Å². The second kappa shape index (κ2) is 5.36. The lowest BCUT2D eigenvalue weighted by Crippen LogP contribution is -2.49. The Morgan fingerprint density at radius 2 is 1.80 bits per heavy atom. The van der Waals surface area contributed by atoms with Gasteiger partial charge in [-0.3, -0.25) is 4.79 Å². The molecule has 2 atom stereocenters. The standard InChI is InChI=1S/C17H28O3/c1-15(2,3)12-8-7-9-13(16(4,5)6)17(12,20)11-10-14(18)19/h7-9,12,20H,10-11H2,1-6H3,(H,18,19). The molecule has 0 fully saturated rings. The Balaban J connectivity index is 3.26. The largest absolute Gasteiger partial charge is 0.481 e. The Morgan fingerprint density at radius 1 is 1.25 bits per heavy atom. The zero-order valence-corrected chi connectivity index (χ0v) is 13.5. The molecule has 0 aliphatic heterocycles. The first kappa shape index (κ1) is 17.0. The summed E-state index contributed by atoms with van der Waals surface area (Å²) in [6, 6.07) is 0. The van der Waals surface area contributed by atoms with Crippen molar-refractivity contribution in [2.24, 2.45) is 16.7 Å². The van der Waals surface area contributed by atoms with Crippen molar-refractivity contribution in [1.82, 2.24) is 0 Å². The third-order valence-corrected chi connectivity index (χ3v) is 4.01. The first-order chi connectivity index (χ1) is 8.89. The number of carboxylic acid groups (broad SMARTS) is 1. The maximum atomic E-state index is 11.3. The summed E-state index contributed by atoms with van der Waals surface area (Å²) in [5.74, 6) is -0.956. The van der Waals surface area contributed by atoms with Crippen LogP contribution in [0.15, 0.2) is 23.8 Å². The lowest BCUT2D eigenvalue weighted by molar-refractivity contribution is -0.139. The fourth-order valence-corrected chi connectivity index (χ4v) is 3.23. The number of hydrogen-bond donors (Lipinski definition) is 2. The van der Waals surface area contributed by atoms with Gasteiger partial charge in [-0.2, -0.15) is 0 Å². The van der Waals surface area contributed by atoms with E-state index in [9.17, 15) is 9.90 Å². The van der Waals surface area contributed by atoms with Crippen molar-refractivity contribution in [2.45, 2.75) is 60.0 Å². The molecule has 2 unspecified atom stereocenters. The van der Waals surface area contributed by atoms with Gasteiger partial charge < -0.3 is 10.2 Å². The highest BCUT2D eigenvalue weighted by Gasteiger charge is 2.48. The van der Waals surface area contributed by atoms with E-state index >= 15 is 0 Å². The predicted octanol–water partition coefficient (Wildman–Crippen LogP) is 3.79. The third-order valence-electron chi connectivity index (χ3n) is 4.01. The Morgan fingerprint density at radius 3 is 2.20 bits per heavy atom. The van der Waals surface area contributed by atoms with E-state index in [0.717, 1.165) is 5.57 Å². The van der Waals surface area contributed by atoms with Gasteiger partial charge in [0.1, 0.15) is 0 Å². The zero-order chi connectivity index (χ0) is 15.8. The van der Waals surface area contributed by atoms with Crippen LogP contribution in [0.5, 0.6) is 0 Å². The van der Waals surface area contributed by atoms with Crippen LogP contribution >= 0.6 is 0 Å². The molecule has 0 spiro atoms. The van der Waals surface area contributed by atoms with E-state index in [0.29, 0.717) is 0 Å². The van der Waals surface area contributed by atoms with E-state index in [4.69, 9.17) is 5.11 Å². The summed E-state index contributed by atoms with van der Waals surface area (Å²) in [5.41, 5.74) is -0.492. The average molecular weight is 280 g/mol. The van der Waals surface area contributed by atoms with Crippen LogP contribution < -0.4 is 0 Å². The lowest BCUT2D eigenvalue weighted by Gasteiger charge is -2.48. The minimum Gasteiger partial charge on any atom is -0.481 e. The van der Waals surface area contributed by atoms with Gasteiger partial charge in [0.05, 0.1) is 5.60 Å². The van der Waals surface area contributed by atoms with Gasteiger partial charge in [0.25, 0.3) is 0 Å². The fraction of sp³-hybridized carbons (Fsp3) is 0.706. The monoisotopic (exact) mass is 280 g/mol. The number of rotatable bonds is 3. The van der Waals surface area contributed by atoms with Gasteiger partial charge in [0.2, 0.25) is 0 Å². The van der Waals surface area contributed by atoms with Crippen molar-refractivity contribution >= 4 is 5.97 Å². The topological polar surface area (TPSA) is 57.5 Å². The molecule has 0 saturated heterocycles. The summed E-state index contributed by atoms with van der Waals surface area (Å²) < 4.78 is 0. The van der Waals surface area contributed by atoms with Gasteiger partial charge >= 0.3 is 5.97 Å². The minimum atomic E-state index is -1.09. The number of carboxylic acids is 1. The highest BCUT2D eigenvalue weighted by atomic mass is 16.4. The van der Waals surface area contributed by atoms with Gasteiger partial charge in [-0.1, -0.05) is 59.8 Å². The lowest BCUT2D eigenvalue weighted by atomic mass is 9.60. The Kier molecular flexibility index (Phi) is 4.55. The van der Waals surface area contributed by atoms with E-state index in [1.807, 2.05) is 18.2 Å². The van der Waals surface area contributed by atoms with E-state index in [-0.39, 0.29) is 29.6 Å². The molecule has 0 bridgehead atoms. The first-order valence-electron chi connectivity index (χ1n) is 7.22. The molecular weight excluding hydrogens is 252 g/mol. The molecule has 0 radical (unpaired) electrons. The van der Waals surface area contributed by atoms with Gasteiger partial charge in [0, 0.05) is 12.3 Å². The van der Waals surface area contributed by atoms with E-state index in [2.05, 4.69) is 41.5 Å². The van der Waals surface area contributed by atoms with Crippen molar-refractivity contribution in [3.05, 3.63) is 23.8 Å². The molecule has 1 aliphatic rings. The van der Waals surface area contributed by atoms with Gasteiger partial charge in [-0.05, 0) is 22.8 Å². The van der Waals surface area contributed by atoms with E-state index < -0.39 is 11.6 Å². The quantitative estimate of drug-likeness (QED) is 0.827. The maximum Gasteiger partial charge on any atom is 0.303 e. The summed E-state index contributed by atoms with van der Waals surface area (Å²) in [6.07, 6.45) is 6.18. The highest BCUT2D eigenvalue weighted by Crippen LogP contribution is 2.49. The summed E-state index contributed by atoms with van der Waals surface area (Å²) in [4.78, 5) is 10.9. The molecule has 114 valence electrons. The summed E-state index contributed by atoms with van der Waals surface area (Å²) in [7, 11) is 0. The molecule has 0 aromatic carbocycles. The molecule has 20 heavy (non-hydrogen) atoms. The smallest absolute Gasteiger partial charge is 0.303 e. The zero-order valence-electron chi connectivity index (χ0n) is 13.5. The van der Waals surface area contributed by atoms with Crippen molar-refractivity contribution in [2.75, 3.05) is 0 Å². The Labute approximate surface area is 122 Å². The predicted molar refractivity (Wildman–Crippen MR) is 81.4 cm³/mol. The molecule has 0 aromatic rings. The van der Waals surface area contributed by atoms with Crippen LogP contribution in [-0.2, 0) is 4.79 Å². The fourth-order valence-electron chi connectivity index (χ4n) is 3.23. The minimum absolute atomic E-state index is 0.0235. The normalized spacial score (nSPS) is 27.4. The van der Waals surface area contributed by atoms with Crippen molar-refractivity contribution < 1.29 is 15.0 Å². The van der Waals surface area contributed by atoms with Crippen LogP contribution in [0.1, 0.15) is 54.4 Å². The highest BCUT2D eigenvalue weighted by molar-refractivity contribution is 5.67. The first-order valence-corrected chi connectivity index (χ1v) is 7.22. The van der Waals surface area contributed by atoms with Gasteiger partial charge in [0.15, 0.2) is 0 Å². The van der Waals surface area contributed by atoms with Crippen LogP contribution in [0.3, 0.4) is 0 Å². The maximum absolute atomic E-state index is 11.3. The number of aliphatic hydroxyl groups is 1. The van der Waals surface area contributed by atoms with E-state index in [1.54, 1.807) is 0 Å². The number of allylic oxidation sites excluding steroid dienone is 2. The molecule has 0 heterocycles. The molecule has 0 saturated carbocycles. The van der Waals surface area contributed by atoms with Crippen molar-refractivity contribution in [1.29, 1.82) is 0 Å². The second-order valence-corrected chi connectivity index (χ2v) is 7.88. The average Bonchev–Trinajstić information content (AvgIpc) is 2.23. The van der Waals surface area contributed by atoms with Crippen molar-refractivity contribution in [3.8, 4) is 0 Å². The third kappa shape index (κ3) is 3.51. The number of aliphatic carboxylic acids is 1. The van der Waals surface area contributed by atoms with Gasteiger partial charge in [-0.15, -0.1) is 0 Å². The molecule has 3 nitrogen and oxygen atoms in total. The van der Waals surface area contributed by atoms with Crippen LogP contribution in [0.25, 0.3) is 0 Å². The molecule has 1 rings (SSSR count). The number of hydrogen-bond acceptors (Lipinski definition) is 2. The summed E-state index contributed by atoms with van der Waals surface area (Å²) >= 11 is 0. The van der Waals surface area contributed by atoms with Crippen LogP contribution in [0.4, 0.5) is 0 Å². The molecule has 0 aromatic heterocycles. The molecule has 0 amide bonds. The van der Waals surface area contributed by atoms with Crippen LogP contribution in [0, 0.1) is 16.7 Å². The summed E-state index contributed by atoms with van der Waals surface area (Å²) in [6.45, 7) is 12.4. The summed E-state index contributed by atoms with van der Waals surface area (Å²) in [5, 5.41) is 20.3. The van der Waals surface area contributed by atoms with Gasteiger partial charge in [-0.25, -0.2) is 0 Å². The number of carbonyl (C=O) groups is 1. The van der Waals surface area contributed by atoms with Crippen LogP contribution in [-0.4, -0.2) is 21.8 Å². The Hall–Kier alpha value is -1.09. The molecule has 2 N–H and O–H groups in total. The Bertz CT molecular complexity index is 432. The van der Waals surface area contributed by atoms with E-state index in [1.165, 1.54) is 0 Å².